The van der Waals surface area contributed by atoms with Gasteiger partial charge >= 0.3 is 0 Å². The van der Waals surface area contributed by atoms with E-state index in [1.807, 2.05) is 0 Å². The molecule has 1 atom stereocenters. The Balaban J connectivity index is 2.46. The first-order valence-corrected chi connectivity index (χ1v) is 6.71. The topological polar surface area (TPSA) is 26.7 Å². The van der Waals surface area contributed by atoms with Crippen LogP contribution in [0.5, 0.6) is 0 Å². The first kappa shape index (κ1) is 14.9. The van der Waals surface area contributed by atoms with Gasteiger partial charge in [-0.05, 0) is 45.8 Å². The highest BCUT2D eigenvalue weighted by Crippen LogP contribution is 2.36. The number of likely N-dealkylation sites (N-methyl/N-ethyl adjacent to an activating group) is 2. The molecule has 0 radical (unpaired) electrons. The molecule has 0 aliphatic heterocycles. The van der Waals surface area contributed by atoms with Crippen LogP contribution in [0.1, 0.15) is 40.0 Å². The number of hydrogen-bond acceptors (Lipinski definition) is 3. The van der Waals surface area contributed by atoms with Crippen LogP contribution in [-0.4, -0.2) is 60.8 Å². The highest BCUT2D eigenvalue weighted by molar-refractivity contribution is 4.98. The Morgan fingerprint density at radius 3 is 2.00 bits per heavy atom. The van der Waals surface area contributed by atoms with Crippen molar-refractivity contribution in [3.05, 3.63) is 0 Å². The first-order chi connectivity index (χ1) is 7.67. The van der Waals surface area contributed by atoms with Gasteiger partial charge in [0.15, 0.2) is 0 Å². The van der Waals surface area contributed by atoms with Gasteiger partial charge in [-0.2, -0.15) is 0 Å². The summed E-state index contributed by atoms with van der Waals surface area (Å²) in [6.07, 6.45) is 3.66. The van der Waals surface area contributed by atoms with Crippen LogP contribution in [0.2, 0.25) is 0 Å². The molecule has 1 fully saturated rings. The fourth-order valence-electron chi connectivity index (χ4n) is 2.47. The monoisotopic (exact) mass is 242 g/mol. The maximum Gasteiger partial charge on any atom is 0.0715 e. The van der Waals surface area contributed by atoms with E-state index >= 15 is 0 Å². The van der Waals surface area contributed by atoms with Crippen LogP contribution >= 0.6 is 0 Å². The van der Waals surface area contributed by atoms with Gasteiger partial charge in [0.1, 0.15) is 0 Å². The number of nitrogens with zero attached hydrogens (tertiary/aromatic N) is 2. The molecule has 1 saturated carbocycles. The summed E-state index contributed by atoms with van der Waals surface area (Å²) in [5.74, 6) is 0. The predicted octanol–water partition coefficient (Wildman–Crippen LogP) is 1.81. The molecule has 1 N–H and O–H groups in total. The Morgan fingerprint density at radius 1 is 1.18 bits per heavy atom. The van der Waals surface area contributed by atoms with Crippen molar-refractivity contribution in [3.63, 3.8) is 0 Å². The van der Waals surface area contributed by atoms with Crippen molar-refractivity contribution in [1.29, 1.82) is 0 Å². The Bertz CT molecular complexity index is 241. The van der Waals surface area contributed by atoms with Crippen molar-refractivity contribution in [2.75, 3.05) is 34.2 Å². The second-order valence-electron chi connectivity index (χ2n) is 7.05. The molecule has 1 unspecified atom stereocenters. The fourth-order valence-corrected chi connectivity index (χ4v) is 2.47. The second-order valence-corrected chi connectivity index (χ2v) is 7.05. The van der Waals surface area contributed by atoms with E-state index in [1.165, 1.54) is 19.3 Å². The number of hydrogen-bond donors (Lipinski definition) is 1. The van der Waals surface area contributed by atoms with E-state index in [-0.39, 0.29) is 11.5 Å². The molecule has 102 valence electrons. The maximum atomic E-state index is 10.1. The van der Waals surface area contributed by atoms with Gasteiger partial charge in [0.05, 0.1) is 6.10 Å². The summed E-state index contributed by atoms with van der Waals surface area (Å²) >= 11 is 0. The van der Waals surface area contributed by atoms with Crippen LogP contribution < -0.4 is 0 Å². The number of rotatable bonds is 5. The highest BCUT2D eigenvalue weighted by Gasteiger charge is 2.40. The predicted molar refractivity (Wildman–Crippen MR) is 73.2 cm³/mol. The molecule has 0 saturated heterocycles. The third-order valence-electron chi connectivity index (χ3n) is 4.28. The summed E-state index contributed by atoms with van der Waals surface area (Å²) in [5.41, 5.74) is 0.325. The number of aliphatic hydroxyl groups is 1. The zero-order chi connectivity index (χ0) is 13.3. The lowest BCUT2D eigenvalue weighted by molar-refractivity contribution is -0.00700. The van der Waals surface area contributed by atoms with Gasteiger partial charge < -0.3 is 14.9 Å². The van der Waals surface area contributed by atoms with Crippen molar-refractivity contribution < 1.29 is 5.11 Å². The summed E-state index contributed by atoms with van der Waals surface area (Å²) < 4.78 is 0. The molecular weight excluding hydrogens is 212 g/mol. The maximum absolute atomic E-state index is 10.1. The van der Waals surface area contributed by atoms with Crippen molar-refractivity contribution in [2.24, 2.45) is 5.41 Å². The highest BCUT2D eigenvalue weighted by atomic mass is 16.3. The molecule has 0 bridgehead atoms. The smallest absolute Gasteiger partial charge is 0.0715 e. The van der Waals surface area contributed by atoms with Gasteiger partial charge in [-0.25, -0.2) is 0 Å². The van der Waals surface area contributed by atoms with Gasteiger partial charge in [0.25, 0.3) is 0 Å². The molecule has 1 aliphatic rings. The summed E-state index contributed by atoms with van der Waals surface area (Å²) in [6.45, 7) is 8.11. The van der Waals surface area contributed by atoms with Crippen LogP contribution in [0.3, 0.4) is 0 Å². The quantitative estimate of drug-likeness (QED) is 0.796. The first-order valence-electron chi connectivity index (χ1n) is 6.71. The molecule has 3 nitrogen and oxygen atoms in total. The fraction of sp³-hybridized carbons (Fsp3) is 1.00. The molecule has 17 heavy (non-hydrogen) atoms. The average molecular weight is 242 g/mol. The van der Waals surface area contributed by atoms with E-state index in [9.17, 15) is 5.11 Å². The third-order valence-corrected chi connectivity index (χ3v) is 4.28. The lowest BCUT2D eigenvalue weighted by Gasteiger charge is -2.49. The van der Waals surface area contributed by atoms with E-state index in [0.717, 1.165) is 13.1 Å². The normalized spacial score (nSPS) is 21.7. The van der Waals surface area contributed by atoms with Gasteiger partial charge in [-0.1, -0.05) is 20.8 Å². The standard InChI is InChI=1S/C14H30N2O/c1-13(2,3)12(17)10-16(6)11-14(15(4)5)8-7-9-14/h12,17H,7-11H2,1-6H3. The van der Waals surface area contributed by atoms with Crippen molar-refractivity contribution in [2.45, 2.75) is 51.7 Å². The van der Waals surface area contributed by atoms with Crippen molar-refractivity contribution >= 4 is 0 Å². The van der Waals surface area contributed by atoms with Crippen LogP contribution in [0, 0.1) is 5.41 Å². The third kappa shape index (κ3) is 3.67. The van der Waals surface area contributed by atoms with Gasteiger partial charge in [-0.15, -0.1) is 0 Å². The Morgan fingerprint density at radius 2 is 1.71 bits per heavy atom. The van der Waals surface area contributed by atoms with Crippen molar-refractivity contribution in [3.8, 4) is 0 Å². The summed E-state index contributed by atoms with van der Waals surface area (Å²) in [6, 6.07) is 0. The van der Waals surface area contributed by atoms with Crippen LogP contribution in [-0.2, 0) is 0 Å². The molecule has 1 rings (SSSR count). The van der Waals surface area contributed by atoms with Crippen LogP contribution in [0.4, 0.5) is 0 Å². The minimum atomic E-state index is -0.258. The summed E-state index contributed by atoms with van der Waals surface area (Å²) in [4.78, 5) is 4.64. The van der Waals surface area contributed by atoms with Crippen molar-refractivity contribution in [1.82, 2.24) is 9.80 Å². The zero-order valence-electron chi connectivity index (χ0n) is 12.5. The van der Waals surface area contributed by atoms with E-state index in [0.29, 0.717) is 5.54 Å². The SMILES string of the molecule is CN(CC(O)C(C)(C)C)CC1(N(C)C)CCC1. The Kier molecular flexibility index (Phi) is 4.61. The molecule has 0 aromatic carbocycles. The van der Waals surface area contributed by atoms with Gasteiger partial charge in [-0.3, -0.25) is 0 Å². The van der Waals surface area contributed by atoms with Gasteiger partial charge in [0.2, 0.25) is 0 Å². The lowest BCUT2D eigenvalue weighted by atomic mass is 9.75. The zero-order valence-corrected chi connectivity index (χ0v) is 12.5. The van der Waals surface area contributed by atoms with E-state index < -0.39 is 0 Å². The molecule has 0 aromatic heterocycles. The largest absolute Gasteiger partial charge is 0.391 e. The Labute approximate surface area is 107 Å². The minimum Gasteiger partial charge on any atom is -0.391 e. The van der Waals surface area contributed by atoms with E-state index in [4.69, 9.17) is 0 Å². The lowest BCUT2D eigenvalue weighted by Crippen LogP contribution is -2.57. The van der Waals surface area contributed by atoms with Gasteiger partial charge in [0, 0.05) is 18.6 Å². The van der Waals surface area contributed by atoms with Crippen LogP contribution in [0.15, 0.2) is 0 Å². The van der Waals surface area contributed by atoms with Crippen LogP contribution in [0.25, 0.3) is 0 Å². The molecule has 3 heteroatoms. The minimum absolute atomic E-state index is 0.0286. The molecule has 0 amide bonds. The molecule has 1 aliphatic carbocycles. The van der Waals surface area contributed by atoms with E-state index in [1.54, 1.807) is 0 Å². The second kappa shape index (κ2) is 5.25. The molecule has 0 spiro atoms. The number of aliphatic hydroxyl groups excluding tert-OH is 1. The molecule has 0 aromatic rings. The summed E-state index contributed by atoms with van der Waals surface area (Å²) in [7, 11) is 6.47. The van der Waals surface area contributed by atoms with E-state index in [2.05, 4.69) is 51.7 Å². The summed E-state index contributed by atoms with van der Waals surface area (Å²) in [5, 5.41) is 10.1. The molecular formula is C14H30N2O. The average Bonchev–Trinajstić information content (AvgIpc) is 2.08. The Hall–Kier alpha value is -0.120. The molecule has 0 heterocycles.